The van der Waals surface area contributed by atoms with E-state index in [2.05, 4.69) is 0 Å². The van der Waals surface area contributed by atoms with Crippen molar-refractivity contribution in [3.05, 3.63) is 0 Å². The van der Waals surface area contributed by atoms with Crippen LogP contribution in [0, 0.1) is 11.8 Å². The van der Waals surface area contributed by atoms with E-state index in [9.17, 15) is 17.2 Å². The number of rotatable bonds is 3. The number of hydrogen-bond donors (Lipinski definition) is 0. The average molecular weight is 255 g/mol. The molecule has 0 aliphatic carbocycles. The van der Waals surface area contributed by atoms with E-state index >= 15 is 0 Å². The van der Waals surface area contributed by atoms with Crippen molar-refractivity contribution in [2.45, 2.75) is 38.9 Å². The molecule has 0 spiro atoms. The Bertz CT molecular complexity index is 317. The van der Waals surface area contributed by atoms with Gasteiger partial charge in [0.1, 0.15) is 0 Å². The first-order chi connectivity index (χ1) is 7.35. The minimum atomic E-state index is -4.39. The van der Waals surface area contributed by atoms with Crippen molar-refractivity contribution < 1.29 is 17.2 Å². The Morgan fingerprint density at radius 1 is 1.25 bits per heavy atom. The van der Waals surface area contributed by atoms with Gasteiger partial charge in [-0.25, -0.2) is 8.42 Å². The van der Waals surface area contributed by atoms with Crippen LogP contribution in [-0.4, -0.2) is 31.6 Å². The molecule has 1 aliphatic rings. The molecule has 0 radical (unpaired) electrons. The van der Waals surface area contributed by atoms with Crippen LogP contribution in [0.2, 0.25) is 0 Å². The number of alkyl halides is 2. The van der Waals surface area contributed by atoms with Gasteiger partial charge < -0.3 is 0 Å². The molecule has 1 atom stereocenters. The highest BCUT2D eigenvalue weighted by molar-refractivity contribution is 7.89. The van der Waals surface area contributed by atoms with Crippen LogP contribution in [0.1, 0.15) is 33.1 Å². The largest absolute Gasteiger partial charge is 0.350 e. The molecule has 0 saturated carbocycles. The summed E-state index contributed by atoms with van der Waals surface area (Å²) in [5.41, 5.74) is 0. The Hall–Kier alpha value is -0.230. The second-order valence-corrected chi connectivity index (χ2v) is 6.57. The third kappa shape index (κ3) is 3.13. The predicted octanol–water partition coefficient (Wildman–Crippen LogP) is 2.30. The van der Waals surface area contributed by atoms with E-state index in [-0.39, 0.29) is 19.0 Å². The summed E-state index contributed by atoms with van der Waals surface area (Å²) >= 11 is 0. The fourth-order valence-corrected chi connectivity index (χ4v) is 3.04. The molecule has 1 fully saturated rings. The summed E-state index contributed by atoms with van der Waals surface area (Å²) in [6, 6.07) is 0. The topological polar surface area (TPSA) is 37.4 Å². The van der Waals surface area contributed by atoms with E-state index in [1.54, 1.807) is 0 Å². The van der Waals surface area contributed by atoms with E-state index in [0.29, 0.717) is 12.3 Å². The maximum Gasteiger partial charge on any atom is 0.350 e. The van der Waals surface area contributed by atoms with Gasteiger partial charge in [-0.2, -0.15) is 13.1 Å². The lowest BCUT2D eigenvalue weighted by atomic mass is 9.92. The van der Waals surface area contributed by atoms with Gasteiger partial charge in [0.25, 0.3) is 10.0 Å². The maximum atomic E-state index is 12.4. The van der Waals surface area contributed by atoms with Crippen molar-refractivity contribution >= 4 is 10.0 Å². The SMILES string of the molecule is CC(C)C1CCCCN(S(=O)(=O)C(F)F)C1. The van der Waals surface area contributed by atoms with E-state index < -0.39 is 15.8 Å². The number of halogens is 2. The zero-order valence-electron chi connectivity index (χ0n) is 9.70. The third-order valence-electron chi connectivity index (χ3n) is 3.20. The van der Waals surface area contributed by atoms with Crippen LogP contribution in [0.4, 0.5) is 8.78 Å². The monoisotopic (exact) mass is 255 g/mol. The van der Waals surface area contributed by atoms with Gasteiger partial charge in [0.2, 0.25) is 0 Å². The van der Waals surface area contributed by atoms with E-state index in [4.69, 9.17) is 0 Å². The van der Waals surface area contributed by atoms with Gasteiger partial charge in [-0.1, -0.05) is 20.3 Å². The molecule has 1 unspecified atom stereocenters. The van der Waals surface area contributed by atoms with Crippen LogP contribution in [0.15, 0.2) is 0 Å². The van der Waals surface area contributed by atoms with Crippen LogP contribution in [-0.2, 0) is 10.0 Å². The van der Waals surface area contributed by atoms with Crippen molar-refractivity contribution in [1.29, 1.82) is 0 Å². The second kappa shape index (κ2) is 5.40. The van der Waals surface area contributed by atoms with Crippen molar-refractivity contribution in [2.75, 3.05) is 13.1 Å². The highest BCUT2D eigenvalue weighted by atomic mass is 32.2. The van der Waals surface area contributed by atoms with Gasteiger partial charge in [0, 0.05) is 13.1 Å². The molecular weight excluding hydrogens is 236 g/mol. The summed E-state index contributed by atoms with van der Waals surface area (Å²) < 4.78 is 48.6. The average Bonchev–Trinajstić information content (AvgIpc) is 2.42. The van der Waals surface area contributed by atoms with Gasteiger partial charge in [-0.3, -0.25) is 0 Å². The van der Waals surface area contributed by atoms with Crippen molar-refractivity contribution in [1.82, 2.24) is 4.31 Å². The fourth-order valence-electron chi connectivity index (χ4n) is 2.03. The van der Waals surface area contributed by atoms with Crippen molar-refractivity contribution in [3.8, 4) is 0 Å². The molecule has 1 aliphatic heterocycles. The first kappa shape index (κ1) is 13.8. The Morgan fingerprint density at radius 3 is 2.38 bits per heavy atom. The first-order valence-corrected chi connectivity index (χ1v) is 7.13. The lowest BCUT2D eigenvalue weighted by Gasteiger charge is -2.25. The van der Waals surface area contributed by atoms with Gasteiger partial charge in [0.05, 0.1) is 0 Å². The molecule has 0 amide bonds. The molecule has 0 N–H and O–H groups in total. The highest BCUT2D eigenvalue weighted by Crippen LogP contribution is 2.26. The molecule has 1 saturated heterocycles. The van der Waals surface area contributed by atoms with Gasteiger partial charge in [-0.05, 0) is 24.7 Å². The quantitative estimate of drug-likeness (QED) is 0.776. The third-order valence-corrected chi connectivity index (χ3v) is 4.70. The molecule has 16 heavy (non-hydrogen) atoms. The predicted molar refractivity (Wildman–Crippen MR) is 58.7 cm³/mol. The lowest BCUT2D eigenvalue weighted by molar-refractivity contribution is 0.212. The van der Waals surface area contributed by atoms with Crippen LogP contribution in [0.3, 0.4) is 0 Å². The Kier molecular flexibility index (Phi) is 4.67. The molecular formula is C10H19F2NO2S. The summed E-state index contributed by atoms with van der Waals surface area (Å²) in [5, 5.41) is 0. The number of hydrogen-bond acceptors (Lipinski definition) is 2. The molecule has 0 aromatic carbocycles. The summed E-state index contributed by atoms with van der Waals surface area (Å²) in [5.74, 6) is -2.78. The second-order valence-electron chi connectivity index (χ2n) is 4.66. The Labute approximate surface area is 95.9 Å². The zero-order valence-corrected chi connectivity index (χ0v) is 10.5. The molecule has 1 rings (SSSR count). The molecule has 0 aromatic heterocycles. The van der Waals surface area contributed by atoms with Gasteiger partial charge in [-0.15, -0.1) is 0 Å². The molecule has 6 heteroatoms. The Morgan fingerprint density at radius 2 is 1.88 bits per heavy atom. The standard InChI is InChI=1S/C10H19F2NO2S/c1-8(2)9-5-3-4-6-13(7-9)16(14,15)10(11)12/h8-10H,3-7H2,1-2H3. The summed E-state index contributed by atoms with van der Waals surface area (Å²) in [6.45, 7) is 4.48. The Balaban J connectivity index is 2.80. The molecule has 1 heterocycles. The van der Waals surface area contributed by atoms with E-state index in [1.807, 2.05) is 13.8 Å². The summed E-state index contributed by atoms with van der Waals surface area (Å²) in [6.07, 6.45) is 2.51. The summed E-state index contributed by atoms with van der Waals surface area (Å²) in [4.78, 5) is 0. The van der Waals surface area contributed by atoms with Crippen molar-refractivity contribution in [3.63, 3.8) is 0 Å². The smallest absolute Gasteiger partial charge is 0.206 e. The minimum Gasteiger partial charge on any atom is -0.206 e. The van der Waals surface area contributed by atoms with Crippen molar-refractivity contribution in [2.24, 2.45) is 11.8 Å². The normalized spacial score (nSPS) is 25.0. The van der Waals surface area contributed by atoms with Crippen LogP contribution in [0.25, 0.3) is 0 Å². The maximum absolute atomic E-state index is 12.4. The molecule has 3 nitrogen and oxygen atoms in total. The molecule has 96 valence electrons. The fraction of sp³-hybridized carbons (Fsp3) is 1.00. The van der Waals surface area contributed by atoms with E-state index in [0.717, 1.165) is 17.1 Å². The zero-order chi connectivity index (χ0) is 12.3. The lowest BCUT2D eigenvalue weighted by Crippen LogP contribution is -2.39. The van der Waals surface area contributed by atoms with E-state index in [1.165, 1.54) is 0 Å². The van der Waals surface area contributed by atoms with Crippen LogP contribution >= 0.6 is 0 Å². The van der Waals surface area contributed by atoms with Crippen LogP contribution < -0.4 is 0 Å². The highest BCUT2D eigenvalue weighted by Gasteiger charge is 2.34. The number of sulfonamides is 1. The first-order valence-electron chi connectivity index (χ1n) is 5.63. The molecule has 0 bridgehead atoms. The van der Waals surface area contributed by atoms with Crippen LogP contribution in [0.5, 0.6) is 0 Å². The summed E-state index contributed by atoms with van der Waals surface area (Å²) in [7, 11) is -4.39. The number of nitrogens with zero attached hydrogens (tertiary/aromatic N) is 1. The van der Waals surface area contributed by atoms with Gasteiger partial charge in [0.15, 0.2) is 0 Å². The molecule has 0 aromatic rings. The van der Waals surface area contributed by atoms with Gasteiger partial charge >= 0.3 is 5.76 Å². The minimum absolute atomic E-state index is 0.191.